The van der Waals surface area contributed by atoms with Crippen molar-refractivity contribution in [2.45, 2.75) is 27.7 Å². The van der Waals surface area contributed by atoms with Gasteiger partial charge >= 0.3 is 0 Å². The van der Waals surface area contributed by atoms with Crippen LogP contribution in [0.1, 0.15) is 46.3 Å². The number of aryl methyl sites for hydroxylation is 1. The molecule has 0 unspecified atom stereocenters. The minimum atomic E-state index is -0.415. The first-order valence-corrected chi connectivity index (χ1v) is 10.2. The first kappa shape index (κ1) is 21.5. The number of nitriles is 2. The van der Waals surface area contributed by atoms with E-state index in [1.807, 2.05) is 50.5 Å². The van der Waals surface area contributed by atoms with E-state index in [0.717, 1.165) is 33.7 Å². The molecule has 0 bridgehead atoms. The highest BCUT2D eigenvalue weighted by Gasteiger charge is 2.30. The number of nitro groups is 1. The Kier molecular flexibility index (Phi) is 5.07. The molecular formula is C25H20N6O2. The number of benzene rings is 1. The number of hydrogen-bond donors (Lipinski definition) is 1. The minimum absolute atomic E-state index is 0.0189. The van der Waals surface area contributed by atoms with Crippen molar-refractivity contribution in [3.63, 3.8) is 0 Å². The zero-order valence-corrected chi connectivity index (χ0v) is 18.6. The molecule has 2 heterocycles. The average molecular weight is 436 g/mol. The fourth-order valence-electron chi connectivity index (χ4n) is 4.43. The number of pyridine rings is 1. The molecule has 1 aliphatic carbocycles. The summed E-state index contributed by atoms with van der Waals surface area (Å²) in [6.45, 7) is 7.53. The van der Waals surface area contributed by atoms with Gasteiger partial charge in [0, 0.05) is 29.1 Å². The lowest BCUT2D eigenvalue weighted by Gasteiger charge is -2.11. The van der Waals surface area contributed by atoms with Gasteiger partial charge in [0.1, 0.15) is 18.0 Å². The number of nitrogens with two attached hydrogens (primary N) is 1. The molecule has 0 aliphatic heterocycles. The molecule has 8 nitrogen and oxygen atoms in total. The Morgan fingerprint density at radius 3 is 2.52 bits per heavy atom. The quantitative estimate of drug-likeness (QED) is 0.453. The van der Waals surface area contributed by atoms with Crippen LogP contribution in [0.2, 0.25) is 0 Å². The van der Waals surface area contributed by atoms with Crippen LogP contribution in [0.3, 0.4) is 0 Å². The Bertz CT molecular complexity index is 1510. The summed E-state index contributed by atoms with van der Waals surface area (Å²) in [6, 6.07) is 12.8. The Labute approximate surface area is 190 Å². The number of aromatic nitrogens is 2. The van der Waals surface area contributed by atoms with Gasteiger partial charge in [0.05, 0.1) is 27.4 Å². The summed E-state index contributed by atoms with van der Waals surface area (Å²) in [5.74, 6) is 0.111. The van der Waals surface area contributed by atoms with Crippen LogP contribution in [-0.2, 0) is 0 Å². The van der Waals surface area contributed by atoms with Gasteiger partial charge in [0.2, 0.25) is 0 Å². The van der Waals surface area contributed by atoms with Crippen LogP contribution >= 0.6 is 0 Å². The maximum absolute atomic E-state index is 11.2. The Hall–Kier alpha value is -4.69. The lowest BCUT2D eigenvalue weighted by Crippen LogP contribution is -2.04. The van der Waals surface area contributed by atoms with Crippen LogP contribution in [-0.4, -0.2) is 14.5 Å². The van der Waals surface area contributed by atoms with E-state index in [4.69, 9.17) is 5.73 Å². The van der Waals surface area contributed by atoms with Crippen LogP contribution in [0.15, 0.2) is 35.9 Å². The highest BCUT2D eigenvalue weighted by Crippen LogP contribution is 2.44. The van der Waals surface area contributed by atoms with Crippen LogP contribution in [0.25, 0.3) is 22.9 Å². The fourth-order valence-corrected chi connectivity index (χ4v) is 4.43. The lowest BCUT2D eigenvalue weighted by molar-refractivity contribution is -0.384. The number of hydrogen-bond acceptors (Lipinski definition) is 6. The monoisotopic (exact) mass is 436 g/mol. The molecule has 0 saturated carbocycles. The van der Waals surface area contributed by atoms with E-state index in [-0.39, 0.29) is 11.5 Å². The molecule has 2 aromatic heterocycles. The molecule has 0 saturated heterocycles. The summed E-state index contributed by atoms with van der Waals surface area (Å²) in [7, 11) is 0. The van der Waals surface area contributed by atoms with Gasteiger partial charge in [0.25, 0.3) is 5.69 Å². The van der Waals surface area contributed by atoms with Crippen molar-refractivity contribution in [3.05, 3.63) is 85.4 Å². The second kappa shape index (κ2) is 7.77. The number of non-ortho nitro benzene ring substituents is 1. The van der Waals surface area contributed by atoms with Gasteiger partial charge in [-0.1, -0.05) is 6.07 Å². The number of fused-ring (bicyclic) bond motifs is 1. The number of nitrogen functional groups attached to an aromatic ring is 1. The third-order valence-electron chi connectivity index (χ3n) is 6.05. The number of anilines is 1. The van der Waals surface area contributed by atoms with Gasteiger partial charge in [-0.2, -0.15) is 10.5 Å². The van der Waals surface area contributed by atoms with Crippen molar-refractivity contribution in [3.8, 4) is 17.8 Å². The summed E-state index contributed by atoms with van der Waals surface area (Å²) in [5.41, 5.74) is 13.6. The number of nitro benzene ring substituents is 1. The topological polar surface area (TPSA) is 135 Å². The van der Waals surface area contributed by atoms with Gasteiger partial charge in [-0.15, -0.1) is 0 Å². The zero-order chi connectivity index (χ0) is 24.0. The standard InChI is InChI=1S/C25H20N6O2/c1-13-8-17(16(4)30(13)18-6-5-7-19(10-18)31(32)33)9-20-14(2)21(11-26)24-23(20)15(3)22(12-27)25(28)29-24/h5-10H,1-4H3,(H2,28,29)/b20-9-. The van der Waals surface area contributed by atoms with E-state index in [2.05, 4.69) is 17.1 Å². The van der Waals surface area contributed by atoms with Gasteiger partial charge in [-0.05, 0) is 68.2 Å². The molecular weight excluding hydrogens is 416 g/mol. The summed E-state index contributed by atoms with van der Waals surface area (Å²) < 4.78 is 1.95. The fraction of sp³-hybridized carbons (Fsp3) is 0.160. The van der Waals surface area contributed by atoms with E-state index in [9.17, 15) is 20.6 Å². The van der Waals surface area contributed by atoms with Crippen molar-refractivity contribution in [1.29, 1.82) is 10.5 Å². The average Bonchev–Trinajstić information content (AvgIpc) is 3.20. The largest absolute Gasteiger partial charge is 0.383 e. The molecule has 162 valence electrons. The lowest BCUT2D eigenvalue weighted by atomic mass is 9.95. The third-order valence-corrected chi connectivity index (χ3v) is 6.05. The van der Waals surface area contributed by atoms with Crippen LogP contribution in [0.5, 0.6) is 0 Å². The van der Waals surface area contributed by atoms with Crippen molar-refractivity contribution in [2.75, 3.05) is 5.73 Å². The Balaban J connectivity index is 1.94. The van der Waals surface area contributed by atoms with E-state index in [0.29, 0.717) is 28.1 Å². The molecule has 0 amide bonds. The maximum Gasteiger partial charge on any atom is 0.271 e. The van der Waals surface area contributed by atoms with E-state index >= 15 is 0 Å². The molecule has 8 heteroatoms. The van der Waals surface area contributed by atoms with Gasteiger partial charge < -0.3 is 10.3 Å². The van der Waals surface area contributed by atoms with Crippen molar-refractivity contribution in [2.24, 2.45) is 0 Å². The minimum Gasteiger partial charge on any atom is -0.383 e. The molecule has 33 heavy (non-hydrogen) atoms. The number of nitrogens with zero attached hydrogens (tertiary/aromatic N) is 5. The van der Waals surface area contributed by atoms with Crippen LogP contribution < -0.4 is 5.73 Å². The zero-order valence-electron chi connectivity index (χ0n) is 18.6. The van der Waals surface area contributed by atoms with Gasteiger partial charge in [0.15, 0.2) is 0 Å². The molecule has 0 radical (unpaired) electrons. The second-order valence-corrected chi connectivity index (χ2v) is 7.94. The van der Waals surface area contributed by atoms with Gasteiger partial charge in [-0.3, -0.25) is 10.1 Å². The molecule has 0 atom stereocenters. The normalized spacial score (nSPS) is 13.7. The van der Waals surface area contributed by atoms with Crippen molar-refractivity contribution in [1.82, 2.24) is 9.55 Å². The molecule has 4 rings (SSSR count). The molecule has 0 spiro atoms. The Morgan fingerprint density at radius 1 is 1.15 bits per heavy atom. The number of allylic oxidation sites excluding steroid dienone is 3. The third kappa shape index (κ3) is 3.26. The molecule has 2 N–H and O–H groups in total. The van der Waals surface area contributed by atoms with Crippen molar-refractivity contribution >= 4 is 28.7 Å². The highest BCUT2D eigenvalue weighted by atomic mass is 16.6. The summed E-state index contributed by atoms with van der Waals surface area (Å²) in [5, 5.41) is 30.5. The van der Waals surface area contributed by atoms with Crippen LogP contribution in [0, 0.1) is 53.5 Å². The molecule has 0 fully saturated rings. The van der Waals surface area contributed by atoms with E-state index < -0.39 is 4.92 Å². The SMILES string of the molecule is CC1=C(C#N)c2nc(N)c(C#N)c(C)c2/C1=C\c1cc(C)n(-c2cccc([N+](=O)[O-])c2)c1C. The van der Waals surface area contributed by atoms with E-state index in [1.54, 1.807) is 6.07 Å². The van der Waals surface area contributed by atoms with Gasteiger partial charge in [-0.25, -0.2) is 4.98 Å². The summed E-state index contributed by atoms with van der Waals surface area (Å²) >= 11 is 0. The first-order valence-electron chi connectivity index (χ1n) is 10.2. The second-order valence-electron chi connectivity index (χ2n) is 7.94. The maximum atomic E-state index is 11.2. The van der Waals surface area contributed by atoms with Crippen molar-refractivity contribution < 1.29 is 4.92 Å². The summed E-state index contributed by atoms with van der Waals surface area (Å²) in [4.78, 5) is 15.2. The smallest absolute Gasteiger partial charge is 0.271 e. The molecule has 3 aromatic rings. The summed E-state index contributed by atoms with van der Waals surface area (Å²) in [6.07, 6.45) is 1.97. The number of rotatable bonds is 3. The Morgan fingerprint density at radius 2 is 1.88 bits per heavy atom. The predicted octanol–water partition coefficient (Wildman–Crippen LogP) is 5.01. The highest BCUT2D eigenvalue weighted by molar-refractivity contribution is 6.08. The van der Waals surface area contributed by atoms with E-state index in [1.165, 1.54) is 12.1 Å². The predicted molar refractivity (Wildman–Crippen MR) is 126 cm³/mol. The van der Waals surface area contributed by atoms with Crippen LogP contribution in [0.4, 0.5) is 11.5 Å². The first-order chi connectivity index (χ1) is 15.7. The molecule has 1 aromatic carbocycles. The molecule has 1 aliphatic rings.